The summed E-state index contributed by atoms with van der Waals surface area (Å²) in [5, 5.41) is 8.72. The molecule has 1 saturated carbocycles. The molecular weight excluding hydrogens is 172 g/mol. The Labute approximate surface area is 86.9 Å². The van der Waals surface area contributed by atoms with Crippen molar-refractivity contribution in [3.05, 3.63) is 0 Å². The maximum Gasteiger partial charge on any atom is 0.0625 e. The number of hydrogen-bond donors (Lipinski definition) is 0. The highest BCUT2D eigenvalue weighted by molar-refractivity contribution is 4.98. The number of piperidine rings is 1. The van der Waals surface area contributed by atoms with Gasteiger partial charge in [-0.1, -0.05) is 0 Å². The van der Waals surface area contributed by atoms with Crippen LogP contribution in [0.5, 0.6) is 0 Å². The minimum Gasteiger partial charge on any atom is -0.295 e. The van der Waals surface area contributed by atoms with E-state index in [1.54, 1.807) is 0 Å². The van der Waals surface area contributed by atoms with Crippen LogP contribution in [0.1, 0.15) is 46.0 Å². The fraction of sp³-hybridized carbons (Fsp3) is 0.917. The van der Waals surface area contributed by atoms with Crippen molar-refractivity contribution in [3.8, 4) is 6.07 Å². The average molecular weight is 192 g/mol. The first-order valence-electron chi connectivity index (χ1n) is 5.77. The van der Waals surface area contributed by atoms with Gasteiger partial charge < -0.3 is 0 Å². The minimum atomic E-state index is 0.382. The van der Waals surface area contributed by atoms with Crippen LogP contribution < -0.4 is 0 Å². The molecule has 2 fully saturated rings. The summed E-state index contributed by atoms with van der Waals surface area (Å²) in [7, 11) is 0. The van der Waals surface area contributed by atoms with Crippen molar-refractivity contribution in [1.29, 1.82) is 5.26 Å². The van der Waals surface area contributed by atoms with Crippen molar-refractivity contribution in [2.75, 3.05) is 6.54 Å². The second-order valence-electron chi connectivity index (χ2n) is 5.46. The first kappa shape index (κ1) is 9.98. The Morgan fingerprint density at radius 1 is 1.36 bits per heavy atom. The zero-order chi connectivity index (χ0) is 10.2. The Bertz CT molecular complexity index is 248. The summed E-state index contributed by atoms with van der Waals surface area (Å²) in [5.74, 6) is 0.633. The Morgan fingerprint density at radius 2 is 2.07 bits per heavy atom. The molecule has 1 saturated heterocycles. The quantitative estimate of drug-likeness (QED) is 0.672. The molecule has 0 aromatic rings. The fourth-order valence-corrected chi connectivity index (χ4v) is 2.64. The van der Waals surface area contributed by atoms with Gasteiger partial charge in [-0.05, 0) is 45.4 Å². The summed E-state index contributed by atoms with van der Waals surface area (Å²) >= 11 is 0. The molecule has 2 nitrogen and oxygen atoms in total. The van der Waals surface area contributed by atoms with E-state index in [1.807, 2.05) is 0 Å². The summed E-state index contributed by atoms with van der Waals surface area (Å²) in [6.45, 7) is 5.87. The Balaban J connectivity index is 1.99. The van der Waals surface area contributed by atoms with Crippen LogP contribution in [-0.4, -0.2) is 23.0 Å². The fourth-order valence-electron chi connectivity index (χ4n) is 2.64. The number of likely N-dealkylation sites (tertiary alicyclic amines) is 1. The van der Waals surface area contributed by atoms with Crippen LogP contribution in [-0.2, 0) is 0 Å². The van der Waals surface area contributed by atoms with Gasteiger partial charge in [-0.3, -0.25) is 4.90 Å². The van der Waals surface area contributed by atoms with E-state index in [1.165, 1.54) is 25.7 Å². The first-order valence-corrected chi connectivity index (χ1v) is 5.77. The highest BCUT2D eigenvalue weighted by atomic mass is 15.2. The first-order chi connectivity index (χ1) is 6.63. The molecule has 1 aliphatic heterocycles. The normalized spacial score (nSPS) is 32.5. The van der Waals surface area contributed by atoms with E-state index in [-0.39, 0.29) is 0 Å². The smallest absolute Gasteiger partial charge is 0.0625 e. The predicted octanol–water partition coefficient (Wildman–Crippen LogP) is 2.55. The molecule has 2 rings (SSSR count). The molecule has 1 unspecified atom stereocenters. The van der Waals surface area contributed by atoms with Crippen molar-refractivity contribution in [2.45, 2.75) is 57.5 Å². The molecule has 1 heterocycles. The lowest BCUT2D eigenvalue weighted by Gasteiger charge is -2.45. The third kappa shape index (κ3) is 1.93. The summed E-state index contributed by atoms with van der Waals surface area (Å²) in [6.07, 6.45) is 6.00. The van der Waals surface area contributed by atoms with E-state index >= 15 is 0 Å². The molecule has 0 spiro atoms. The molecule has 0 aromatic carbocycles. The number of rotatable bonds is 2. The van der Waals surface area contributed by atoms with Crippen molar-refractivity contribution in [1.82, 2.24) is 4.90 Å². The maximum atomic E-state index is 8.72. The molecule has 0 bridgehead atoms. The van der Waals surface area contributed by atoms with Gasteiger partial charge >= 0.3 is 0 Å². The molecule has 14 heavy (non-hydrogen) atoms. The second-order valence-corrected chi connectivity index (χ2v) is 5.46. The molecule has 0 N–H and O–H groups in total. The predicted molar refractivity (Wildman–Crippen MR) is 56.8 cm³/mol. The Hall–Kier alpha value is -0.550. The Morgan fingerprint density at radius 3 is 2.64 bits per heavy atom. The number of hydrogen-bond acceptors (Lipinski definition) is 2. The largest absolute Gasteiger partial charge is 0.295 e. The zero-order valence-electron chi connectivity index (χ0n) is 9.29. The van der Waals surface area contributed by atoms with Crippen LogP contribution in [0.25, 0.3) is 0 Å². The van der Waals surface area contributed by atoms with Crippen molar-refractivity contribution in [2.24, 2.45) is 5.92 Å². The van der Waals surface area contributed by atoms with Gasteiger partial charge in [0.05, 0.1) is 6.07 Å². The lowest BCUT2D eigenvalue weighted by atomic mass is 9.83. The summed E-state index contributed by atoms with van der Waals surface area (Å²) in [5.41, 5.74) is 0.382. The van der Waals surface area contributed by atoms with Crippen LogP contribution in [0.2, 0.25) is 0 Å². The van der Waals surface area contributed by atoms with E-state index in [0.717, 1.165) is 19.0 Å². The molecule has 0 amide bonds. The van der Waals surface area contributed by atoms with Gasteiger partial charge in [0.25, 0.3) is 0 Å². The summed E-state index contributed by atoms with van der Waals surface area (Å²) < 4.78 is 0. The molecule has 1 aliphatic carbocycles. The van der Waals surface area contributed by atoms with E-state index in [9.17, 15) is 0 Å². The SMILES string of the molecule is CC1(C)CCC(CC#N)CN1C1CC1. The Kier molecular flexibility index (Phi) is 2.53. The molecule has 0 aromatic heterocycles. The lowest BCUT2D eigenvalue weighted by Crippen LogP contribution is -2.51. The van der Waals surface area contributed by atoms with Crippen LogP contribution in [0, 0.1) is 17.2 Å². The monoisotopic (exact) mass is 192 g/mol. The van der Waals surface area contributed by atoms with Crippen LogP contribution >= 0.6 is 0 Å². The van der Waals surface area contributed by atoms with Gasteiger partial charge in [-0.2, -0.15) is 5.26 Å². The second kappa shape index (κ2) is 3.55. The van der Waals surface area contributed by atoms with Crippen molar-refractivity contribution in [3.63, 3.8) is 0 Å². The highest BCUT2D eigenvalue weighted by Gasteiger charge is 2.42. The van der Waals surface area contributed by atoms with Gasteiger partial charge in [-0.15, -0.1) is 0 Å². The van der Waals surface area contributed by atoms with E-state index in [2.05, 4.69) is 24.8 Å². The highest BCUT2D eigenvalue weighted by Crippen LogP contribution is 2.40. The summed E-state index contributed by atoms with van der Waals surface area (Å²) in [4.78, 5) is 2.65. The molecular formula is C12H20N2. The molecule has 78 valence electrons. The van der Waals surface area contributed by atoms with Crippen LogP contribution in [0.3, 0.4) is 0 Å². The van der Waals surface area contributed by atoms with Crippen molar-refractivity contribution < 1.29 is 0 Å². The zero-order valence-corrected chi connectivity index (χ0v) is 9.29. The molecule has 1 atom stereocenters. The molecule has 2 aliphatic rings. The average Bonchev–Trinajstić information content (AvgIpc) is 2.91. The van der Waals surface area contributed by atoms with Crippen LogP contribution in [0.15, 0.2) is 0 Å². The van der Waals surface area contributed by atoms with E-state index in [4.69, 9.17) is 5.26 Å². The van der Waals surface area contributed by atoms with Gasteiger partial charge in [0.15, 0.2) is 0 Å². The van der Waals surface area contributed by atoms with E-state index in [0.29, 0.717) is 11.5 Å². The standard InChI is InChI=1S/C12H20N2/c1-12(2)7-5-10(6-8-13)9-14(12)11-3-4-11/h10-11H,3-7,9H2,1-2H3. The maximum absolute atomic E-state index is 8.72. The summed E-state index contributed by atoms with van der Waals surface area (Å²) in [6, 6.07) is 3.16. The third-order valence-corrected chi connectivity index (χ3v) is 3.76. The van der Waals surface area contributed by atoms with Gasteiger partial charge in [-0.25, -0.2) is 0 Å². The number of nitriles is 1. The third-order valence-electron chi connectivity index (χ3n) is 3.76. The molecule has 0 radical (unpaired) electrons. The van der Waals surface area contributed by atoms with Gasteiger partial charge in [0.1, 0.15) is 0 Å². The van der Waals surface area contributed by atoms with Crippen LogP contribution in [0.4, 0.5) is 0 Å². The van der Waals surface area contributed by atoms with E-state index < -0.39 is 0 Å². The van der Waals surface area contributed by atoms with Gasteiger partial charge in [0, 0.05) is 24.5 Å². The van der Waals surface area contributed by atoms with Gasteiger partial charge in [0.2, 0.25) is 0 Å². The lowest BCUT2D eigenvalue weighted by molar-refractivity contribution is 0.0388. The minimum absolute atomic E-state index is 0.382. The number of nitrogens with zero attached hydrogens (tertiary/aromatic N) is 2. The van der Waals surface area contributed by atoms with Crippen molar-refractivity contribution >= 4 is 0 Å². The molecule has 2 heteroatoms. The topological polar surface area (TPSA) is 27.0 Å².